The average molecular weight is 295 g/mol. The standard InChI is InChI=1S/C12H25NO7/c1-20-5-4-12(19)13(6-10(17)8-15)11(18)3-2-9(16)7-14/h9-10,12,14-17,19H,2-8H2,1H3. The lowest BCUT2D eigenvalue weighted by Crippen LogP contribution is -2.46. The summed E-state index contributed by atoms with van der Waals surface area (Å²) in [6, 6.07) is 0. The van der Waals surface area contributed by atoms with E-state index in [4.69, 9.17) is 14.9 Å². The number of amides is 1. The van der Waals surface area contributed by atoms with Gasteiger partial charge in [0.25, 0.3) is 0 Å². The SMILES string of the molecule is COCCC(O)N(CC(O)CO)C(=O)CCC(O)CO. The molecule has 0 aliphatic rings. The summed E-state index contributed by atoms with van der Waals surface area (Å²) in [4.78, 5) is 13.0. The zero-order chi connectivity index (χ0) is 15.5. The Kier molecular flexibility index (Phi) is 10.5. The van der Waals surface area contributed by atoms with Gasteiger partial charge in [0, 0.05) is 20.0 Å². The first-order valence-corrected chi connectivity index (χ1v) is 6.50. The number of rotatable bonds is 11. The predicted octanol–water partition coefficient (Wildman–Crippen LogP) is -2.34. The molecule has 0 aromatic rings. The predicted molar refractivity (Wildman–Crippen MR) is 69.6 cm³/mol. The van der Waals surface area contributed by atoms with Gasteiger partial charge in [0.15, 0.2) is 0 Å². The molecule has 0 spiro atoms. The zero-order valence-corrected chi connectivity index (χ0v) is 11.7. The van der Waals surface area contributed by atoms with Gasteiger partial charge in [-0.2, -0.15) is 0 Å². The Balaban J connectivity index is 4.52. The molecule has 5 N–H and O–H groups in total. The third-order valence-corrected chi connectivity index (χ3v) is 2.78. The summed E-state index contributed by atoms with van der Waals surface area (Å²) in [5.74, 6) is -0.478. The van der Waals surface area contributed by atoms with E-state index in [1.165, 1.54) is 7.11 Å². The van der Waals surface area contributed by atoms with Crippen molar-refractivity contribution in [1.29, 1.82) is 0 Å². The summed E-state index contributed by atoms with van der Waals surface area (Å²) in [7, 11) is 1.46. The Morgan fingerprint density at radius 1 is 1.10 bits per heavy atom. The number of aliphatic hydroxyl groups is 5. The highest BCUT2D eigenvalue weighted by Crippen LogP contribution is 2.09. The fourth-order valence-corrected chi connectivity index (χ4v) is 1.58. The molecule has 0 rings (SSSR count). The van der Waals surface area contributed by atoms with Crippen LogP contribution in [0, 0.1) is 0 Å². The lowest BCUT2D eigenvalue weighted by Gasteiger charge is -2.29. The monoisotopic (exact) mass is 295 g/mol. The molecule has 1 amide bonds. The smallest absolute Gasteiger partial charge is 0.224 e. The topological polar surface area (TPSA) is 131 Å². The molecule has 0 fully saturated rings. The highest BCUT2D eigenvalue weighted by molar-refractivity contribution is 5.76. The molecule has 0 saturated carbocycles. The van der Waals surface area contributed by atoms with Crippen LogP contribution >= 0.6 is 0 Å². The van der Waals surface area contributed by atoms with Gasteiger partial charge >= 0.3 is 0 Å². The molecule has 120 valence electrons. The first-order chi connectivity index (χ1) is 9.46. The van der Waals surface area contributed by atoms with Gasteiger partial charge in [0.2, 0.25) is 5.91 Å². The highest BCUT2D eigenvalue weighted by Gasteiger charge is 2.24. The molecule has 0 aromatic heterocycles. The molecule has 0 aliphatic heterocycles. The van der Waals surface area contributed by atoms with Crippen LogP contribution in [0.15, 0.2) is 0 Å². The van der Waals surface area contributed by atoms with Crippen molar-refractivity contribution in [3.05, 3.63) is 0 Å². The summed E-state index contributed by atoms with van der Waals surface area (Å²) in [5, 5.41) is 46.0. The van der Waals surface area contributed by atoms with Crippen LogP contribution < -0.4 is 0 Å². The quantitative estimate of drug-likeness (QED) is 0.270. The summed E-state index contributed by atoms with van der Waals surface area (Å²) in [5.41, 5.74) is 0. The van der Waals surface area contributed by atoms with Crippen molar-refractivity contribution in [2.45, 2.75) is 37.7 Å². The van der Waals surface area contributed by atoms with Gasteiger partial charge in [0.1, 0.15) is 6.23 Å². The normalized spacial score (nSPS) is 15.7. The van der Waals surface area contributed by atoms with Gasteiger partial charge in [-0.1, -0.05) is 0 Å². The molecule has 0 bridgehead atoms. The Bertz CT molecular complexity index is 264. The molecule has 0 aromatic carbocycles. The number of carbonyl (C=O) groups excluding carboxylic acids is 1. The van der Waals surface area contributed by atoms with E-state index < -0.39 is 37.6 Å². The number of carbonyl (C=O) groups is 1. The molecule has 0 saturated heterocycles. The minimum absolute atomic E-state index is 0.0536. The van der Waals surface area contributed by atoms with E-state index in [9.17, 15) is 20.1 Å². The number of ether oxygens (including phenoxy) is 1. The second-order valence-corrected chi connectivity index (χ2v) is 4.52. The summed E-state index contributed by atoms with van der Waals surface area (Å²) in [6.07, 6.45) is -3.15. The molecule has 3 atom stereocenters. The van der Waals surface area contributed by atoms with Crippen molar-refractivity contribution in [3.63, 3.8) is 0 Å². The van der Waals surface area contributed by atoms with Gasteiger partial charge in [-0.15, -0.1) is 0 Å². The molecule has 8 nitrogen and oxygen atoms in total. The zero-order valence-electron chi connectivity index (χ0n) is 11.7. The molecular formula is C12H25NO7. The van der Waals surface area contributed by atoms with Crippen molar-refractivity contribution in [2.75, 3.05) is 33.5 Å². The lowest BCUT2D eigenvalue weighted by atomic mass is 10.1. The van der Waals surface area contributed by atoms with Crippen LogP contribution in [0.1, 0.15) is 19.3 Å². The van der Waals surface area contributed by atoms with E-state index in [1.54, 1.807) is 0 Å². The van der Waals surface area contributed by atoms with Crippen LogP contribution in [0.5, 0.6) is 0 Å². The van der Waals surface area contributed by atoms with Gasteiger partial charge in [-0.25, -0.2) is 0 Å². The summed E-state index contributed by atoms with van der Waals surface area (Å²) in [6.45, 7) is -0.951. The Morgan fingerprint density at radius 3 is 2.20 bits per heavy atom. The number of hydrogen-bond acceptors (Lipinski definition) is 7. The van der Waals surface area contributed by atoms with Crippen LogP contribution in [-0.4, -0.2) is 88.3 Å². The fourth-order valence-electron chi connectivity index (χ4n) is 1.58. The van der Waals surface area contributed by atoms with Crippen molar-refractivity contribution in [1.82, 2.24) is 4.90 Å². The second kappa shape index (κ2) is 11.0. The Labute approximate surface area is 118 Å². The van der Waals surface area contributed by atoms with E-state index in [0.29, 0.717) is 0 Å². The van der Waals surface area contributed by atoms with Gasteiger partial charge < -0.3 is 35.2 Å². The molecule has 20 heavy (non-hydrogen) atoms. The first-order valence-electron chi connectivity index (χ1n) is 6.50. The molecule has 0 aliphatic carbocycles. The van der Waals surface area contributed by atoms with E-state index in [-0.39, 0.29) is 32.4 Å². The van der Waals surface area contributed by atoms with E-state index in [2.05, 4.69) is 0 Å². The molecule has 0 radical (unpaired) electrons. The molecule has 8 heteroatoms. The Hall–Kier alpha value is -0.770. The molecule has 0 heterocycles. The van der Waals surface area contributed by atoms with Gasteiger partial charge in [-0.05, 0) is 6.42 Å². The van der Waals surface area contributed by atoms with Crippen LogP contribution in [0.25, 0.3) is 0 Å². The fraction of sp³-hybridized carbons (Fsp3) is 0.917. The van der Waals surface area contributed by atoms with Crippen molar-refractivity contribution < 1.29 is 35.1 Å². The van der Waals surface area contributed by atoms with Crippen molar-refractivity contribution in [3.8, 4) is 0 Å². The maximum absolute atomic E-state index is 12.0. The lowest BCUT2D eigenvalue weighted by molar-refractivity contribution is -0.146. The van der Waals surface area contributed by atoms with Crippen LogP contribution in [0.3, 0.4) is 0 Å². The first kappa shape index (κ1) is 19.2. The number of aliphatic hydroxyl groups excluding tert-OH is 5. The van der Waals surface area contributed by atoms with Gasteiger partial charge in [0.05, 0.1) is 38.6 Å². The van der Waals surface area contributed by atoms with Crippen LogP contribution in [-0.2, 0) is 9.53 Å². The number of nitrogens with zero attached hydrogens (tertiary/aromatic N) is 1. The van der Waals surface area contributed by atoms with E-state index >= 15 is 0 Å². The largest absolute Gasteiger partial charge is 0.394 e. The average Bonchev–Trinajstić information content (AvgIpc) is 2.46. The van der Waals surface area contributed by atoms with Crippen LogP contribution in [0.2, 0.25) is 0 Å². The van der Waals surface area contributed by atoms with Gasteiger partial charge in [-0.3, -0.25) is 4.79 Å². The molecular weight excluding hydrogens is 270 g/mol. The minimum Gasteiger partial charge on any atom is -0.394 e. The highest BCUT2D eigenvalue weighted by atomic mass is 16.5. The third kappa shape index (κ3) is 7.73. The Morgan fingerprint density at radius 2 is 1.70 bits per heavy atom. The summed E-state index contributed by atoms with van der Waals surface area (Å²) >= 11 is 0. The molecule has 3 unspecified atom stereocenters. The maximum Gasteiger partial charge on any atom is 0.224 e. The summed E-state index contributed by atoms with van der Waals surface area (Å²) < 4.78 is 4.81. The minimum atomic E-state index is -1.15. The number of hydrogen-bond donors (Lipinski definition) is 5. The second-order valence-electron chi connectivity index (χ2n) is 4.52. The van der Waals surface area contributed by atoms with Crippen molar-refractivity contribution in [2.24, 2.45) is 0 Å². The number of methoxy groups -OCH3 is 1. The van der Waals surface area contributed by atoms with E-state index in [1.807, 2.05) is 0 Å². The van der Waals surface area contributed by atoms with Crippen LogP contribution in [0.4, 0.5) is 0 Å². The maximum atomic E-state index is 12.0. The third-order valence-electron chi connectivity index (χ3n) is 2.78. The van der Waals surface area contributed by atoms with E-state index in [0.717, 1.165) is 4.90 Å². The van der Waals surface area contributed by atoms with Crippen molar-refractivity contribution >= 4 is 5.91 Å².